The minimum atomic E-state index is -4.49. The Hall–Kier alpha value is -4.70. The molecule has 0 heterocycles. The number of methoxy groups -OCH3 is 1. The number of ketones is 1. The van der Waals surface area contributed by atoms with Crippen molar-refractivity contribution in [1.29, 1.82) is 5.26 Å². The van der Waals surface area contributed by atoms with Gasteiger partial charge in [-0.15, -0.1) is 0 Å². The SMILES string of the molecule is COCCN(C)C(=O)C(C#N)C(=O)C(C)Oc1cc(Oc2ccc3cc(C(F)(F)F)ccc3c2)ccc1[N+](=O)[O-]. The lowest BCUT2D eigenvalue weighted by atomic mass is 10.0. The van der Waals surface area contributed by atoms with Crippen LogP contribution in [0.15, 0.2) is 54.6 Å². The molecule has 0 aliphatic heterocycles. The quantitative estimate of drug-likeness (QED) is 0.179. The summed E-state index contributed by atoms with van der Waals surface area (Å²) in [5.74, 6) is -3.43. The van der Waals surface area contributed by atoms with E-state index >= 15 is 0 Å². The summed E-state index contributed by atoms with van der Waals surface area (Å²) < 4.78 is 55.1. The summed E-state index contributed by atoms with van der Waals surface area (Å²) in [6.07, 6.45) is -5.90. The highest BCUT2D eigenvalue weighted by atomic mass is 19.4. The van der Waals surface area contributed by atoms with E-state index in [2.05, 4.69) is 0 Å². The smallest absolute Gasteiger partial charge is 0.416 e. The maximum Gasteiger partial charge on any atom is 0.416 e. The van der Waals surface area contributed by atoms with Gasteiger partial charge in [0.2, 0.25) is 11.7 Å². The number of halogens is 3. The van der Waals surface area contributed by atoms with Crippen molar-refractivity contribution in [2.45, 2.75) is 19.2 Å². The molecule has 3 rings (SSSR count). The third kappa shape index (κ3) is 7.03. The zero-order chi connectivity index (χ0) is 29.6. The molecule has 10 nitrogen and oxygen atoms in total. The van der Waals surface area contributed by atoms with Crippen LogP contribution in [0, 0.1) is 27.4 Å². The van der Waals surface area contributed by atoms with E-state index in [0.29, 0.717) is 10.8 Å². The van der Waals surface area contributed by atoms with Crippen LogP contribution in [0.4, 0.5) is 18.9 Å². The van der Waals surface area contributed by atoms with E-state index in [1.807, 2.05) is 0 Å². The summed E-state index contributed by atoms with van der Waals surface area (Å²) in [7, 11) is 2.83. The number of amides is 1. The maximum absolute atomic E-state index is 13.0. The number of likely N-dealkylation sites (N-methyl/N-ethyl adjacent to an activating group) is 1. The molecule has 0 fully saturated rings. The predicted octanol–water partition coefficient (Wildman–Crippen LogP) is 5.14. The Morgan fingerprint density at radius 3 is 2.33 bits per heavy atom. The Bertz CT molecular complexity index is 1470. The lowest BCUT2D eigenvalue weighted by Crippen LogP contribution is -2.42. The molecule has 3 aromatic rings. The number of carbonyl (C=O) groups excluding carboxylic acids is 2. The largest absolute Gasteiger partial charge is 0.476 e. The lowest BCUT2D eigenvalue weighted by Gasteiger charge is -2.21. The van der Waals surface area contributed by atoms with Gasteiger partial charge in [-0.2, -0.15) is 18.4 Å². The molecule has 0 N–H and O–H groups in total. The van der Waals surface area contributed by atoms with Crippen LogP contribution < -0.4 is 9.47 Å². The van der Waals surface area contributed by atoms with Crippen LogP contribution in [0.25, 0.3) is 10.8 Å². The highest BCUT2D eigenvalue weighted by molar-refractivity contribution is 6.05. The Morgan fingerprint density at radius 1 is 1.07 bits per heavy atom. The van der Waals surface area contributed by atoms with Crippen LogP contribution in [-0.4, -0.2) is 54.9 Å². The molecule has 2 atom stereocenters. The number of rotatable bonds is 11. The molecule has 0 spiro atoms. The van der Waals surface area contributed by atoms with E-state index in [1.54, 1.807) is 6.07 Å². The molecule has 13 heteroatoms. The fraction of sp³-hybridized carbons (Fsp3) is 0.296. The second kappa shape index (κ2) is 12.4. The number of carbonyl (C=O) groups is 2. The molecule has 0 saturated heterocycles. The molecule has 2 unspecified atom stereocenters. The highest BCUT2D eigenvalue weighted by Gasteiger charge is 2.34. The van der Waals surface area contributed by atoms with E-state index in [1.165, 1.54) is 51.4 Å². The van der Waals surface area contributed by atoms with Gasteiger partial charge >= 0.3 is 11.9 Å². The van der Waals surface area contributed by atoms with Crippen molar-refractivity contribution in [2.75, 3.05) is 27.3 Å². The summed E-state index contributed by atoms with van der Waals surface area (Å²) in [5, 5.41) is 21.8. The summed E-state index contributed by atoms with van der Waals surface area (Å²) in [4.78, 5) is 37.4. The number of nitro benzene ring substituents is 1. The molecular weight excluding hydrogens is 535 g/mol. The third-order valence-electron chi connectivity index (χ3n) is 5.87. The van der Waals surface area contributed by atoms with Gasteiger partial charge in [0, 0.05) is 32.8 Å². The highest BCUT2D eigenvalue weighted by Crippen LogP contribution is 2.36. The summed E-state index contributed by atoms with van der Waals surface area (Å²) in [6, 6.07) is 12.8. The van der Waals surface area contributed by atoms with Crippen molar-refractivity contribution in [1.82, 2.24) is 4.90 Å². The van der Waals surface area contributed by atoms with Gasteiger partial charge in [0.05, 0.1) is 23.2 Å². The van der Waals surface area contributed by atoms with Crippen LogP contribution in [0.2, 0.25) is 0 Å². The van der Waals surface area contributed by atoms with Gasteiger partial charge in [-0.1, -0.05) is 12.1 Å². The molecule has 0 aromatic heterocycles. The number of Topliss-reactive ketones (excluding diaryl/α,β-unsaturated/α-hetero) is 1. The lowest BCUT2D eigenvalue weighted by molar-refractivity contribution is -0.386. The van der Waals surface area contributed by atoms with Crippen LogP contribution in [-0.2, 0) is 20.5 Å². The first-order valence-electron chi connectivity index (χ1n) is 11.8. The number of hydrogen-bond donors (Lipinski definition) is 0. The first-order chi connectivity index (χ1) is 18.8. The third-order valence-corrected chi connectivity index (χ3v) is 5.87. The first-order valence-corrected chi connectivity index (χ1v) is 11.8. The second-order valence-electron chi connectivity index (χ2n) is 8.69. The molecule has 0 aliphatic carbocycles. The van der Waals surface area contributed by atoms with Crippen LogP contribution >= 0.6 is 0 Å². The van der Waals surface area contributed by atoms with Gasteiger partial charge in [-0.05, 0) is 48.0 Å². The van der Waals surface area contributed by atoms with Gasteiger partial charge in [0.15, 0.2) is 17.8 Å². The van der Waals surface area contributed by atoms with Crippen molar-refractivity contribution in [3.63, 3.8) is 0 Å². The first kappa shape index (κ1) is 29.9. The molecule has 1 amide bonds. The van der Waals surface area contributed by atoms with Crippen molar-refractivity contribution >= 4 is 28.2 Å². The van der Waals surface area contributed by atoms with Gasteiger partial charge in [-0.25, -0.2) is 0 Å². The summed E-state index contributed by atoms with van der Waals surface area (Å²) in [5.41, 5.74) is -1.29. The molecule has 0 bridgehead atoms. The number of nitrogens with zero attached hydrogens (tertiary/aromatic N) is 3. The van der Waals surface area contributed by atoms with Crippen LogP contribution in [0.1, 0.15) is 12.5 Å². The number of benzene rings is 3. The van der Waals surface area contributed by atoms with Gasteiger partial charge in [0.1, 0.15) is 11.5 Å². The Kier molecular flexibility index (Phi) is 9.28. The molecule has 40 heavy (non-hydrogen) atoms. The number of nitriles is 1. The Morgan fingerprint density at radius 2 is 1.70 bits per heavy atom. The Balaban J connectivity index is 1.83. The second-order valence-corrected chi connectivity index (χ2v) is 8.69. The topological polar surface area (TPSA) is 132 Å². The molecule has 0 saturated carbocycles. The van der Waals surface area contributed by atoms with Crippen molar-refractivity contribution in [3.05, 3.63) is 70.3 Å². The van der Waals surface area contributed by atoms with Crippen molar-refractivity contribution in [3.8, 4) is 23.3 Å². The van der Waals surface area contributed by atoms with E-state index in [9.17, 15) is 38.1 Å². The summed E-state index contributed by atoms with van der Waals surface area (Å²) >= 11 is 0. The zero-order valence-electron chi connectivity index (χ0n) is 21.6. The normalized spacial score (nSPS) is 12.7. The predicted molar refractivity (Wildman–Crippen MR) is 136 cm³/mol. The van der Waals surface area contributed by atoms with Crippen molar-refractivity contribution in [2.24, 2.45) is 5.92 Å². The zero-order valence-corrected chi connectivity index (χ0v) is 21.6. The molecule has 0 aliphatic rings. The van der Waals surface area contributed by atoms with E-state index in [4.69, 9.17) is 14.2 Å². The Labute approximate surface area is 226 Å². The van der Waals surface area contributed by atoms with Crippen LogP contribution in [0.3, 0.4) is 0 Å². The molecule has 0 radical (unpaired) electrons. The van der Waals surface area contributed by atoms with Crippen molar-refractivity contribution < 1.29 is 41.9 Å². The van der Waals surface area contributed by atoms with Gasteiger partial charge < -0.3 is 19.1 Å². The average Bonchev–Trinajstić information content (AvgIpc) is 2.91. The molecular formula is C27H24F3N3O7. The molecule has 3 aromatic carbocycles. The number of fused-ring (bicyclic) bond motifs is 1. The van der Waals surface area contributed by atoms with E-state index < -0.39 is 46.1 Å². The van der Waals surface area contributed by atoms with Crippen LogP contribution in [0.5, 0.6) is 17.2 Å². The summed E-state index contributed by atoms with van der Waals surface area (Å²) in [6.45, 7) is 1.58. The molecule has 210 valence electrons. The number of ether oxygens (including phenoxy) is 3. The van der Waals surface area contributed by atoms with Gasteiger partial charge in [0.25, 0.3) is 0 Å². The monoisotopic (exact) mass is 559 g/mol. The minimum Gasteiger partial charge on any atom is -0.476 e. The minimum absolute atomic E-state index is 0.0683. The fourth-order valence-corrected chi connectivity index (χ4v) is 3.69. The number of hydrogen-bond acceptors (Lipinski definition) is 8. The van der Waals surface area contributed by atoms with E-state index in [0.717, 1.165) is 29.2 Å². The van der Waals surface area contributed by atoms with E-state index in [-0.39, 0.29) is 30.4 Å². The average molecular weight is 559 g/mol. The number of nitro groups is 1. The van der Waals surface area contributed by atoms with Gasteiger partial charge in [-0.3, -0.25) is 19.7 Å². The maximum atomic E-state index is 13.0. The number of alkyl halides is 3. The fourth-order valence-electron chi connectivity index (χ4n) is 3.69. The standard InChI is InChI=1S/C27H24F3N3O7/c1-16(25(34)22(15-31)26(35)32(2)10-11-38-3)39-24-14-21(8-9-23(24)33(36)37)40-20-7-5-17-12-19(27(28,29)30)6-4-18(17)13-20/h4-9,12-14,16,22H,10-11H2,1-3H3.